The third-order valence-corrected chi connectivity index (χ3v) is 1.11. The van der Waals surface area contributed by atoms with Crippen molar-refractivity contribution in [2.45, 2.75) is 19.8 Å². The second-order valence-corrected chi connectivity index (χ2v) is 3.27. The maximum absolute atomic E-state index is 4.92. The zero-order chi connectivity index (χ0) is 8.41. The van der Waals surface area contributed by atoms with Gasteiger partial charge in [0.2, 0.25) is 0 Å². The van der Waals surface area contributed by atoms with Crippen molar-refractivity contribution in [1.29, 1.82) is 0 Å². The highest BCUT2D eigenvalue weighted by Crippen LogP contribution is 1.82. The lowest BCUT2D eigenvalue weighted by molar-refractivity contribution is 0.339. The van der Waals surface area contributed by atoms with Crippen molar-refractivity contribution in [2.75, 3.05) is 27.7 Å². The molecule has 0 radical (unpaired) electrons. The number of hydrogen-bond donors (Lipinski definition) is 0. The van der Waals surface area contributed by atoms with Crippen LogP contribution in [0.5, 0.6) is 0 Å². The molecule has 0 bridgehead atoms. The fourth-order valence-electron chi connectivity index (χ4n) is 0.289. The predicted octanol–water partition coefficient (Wildman–Crippen LogP) is 0.261. The van der Waals surface area contributed by atoms with Crippen LogP contribution in [0.1, 0.15) is 19.8 Å². The lowest BCUT2D eigenvalue weighted by Crippen LogP contribution is -1.99. The van der Waals surface area contributed by atoms with Crippen LogP contribution in [-0.4, -0.2) is 43.1 Å². The first-order valence-corrected chi connectivity index (χ1v) is 4.56. The van der Waals surface area contributed by atoms with Gasteiger partial charge in [0.1, 0.15) is 10.5 Å². The van der Waals surface area contributed by atoms with Gasteiger partial charge in [-0.05, 0) is 27.6 Å². The molecule has 3 heteroatoms. The molecule has 10 heavy (non-hydrogen) atoms. The van der Waals surface area contributed by atoms with E-state index < -0.39 is 0 Å². The summed E-state index contributed by atoms with van der Waals surface area (Å²) in [6.45, 7) is 3.14. The van der Waals surface area contributed by atoms with Gasteiger partial charge in [-0.3, -0.25) is 0 Å². The van der Waals surface area contributed by atoms with Crippen LogP contribution >= 0.6 is 0 Å². The fourth-order valence-corrected chi connectivity index (χ4v) is 0.577. The Labute approximate surface area is 68.1 Å². The highest BCUT2D eigenvalue weighted by molar-refractivity contribution is 5.97. The number of nitrogens with zero attached hydrogens (tertiary/aromatic N) is 1. The van der Waals surface area contributed by atoms with Crippen LogP contribution in [0.4, 0.5) is 0 Å². The Hall–Kier alpha value is 0.137. The van der Waals surface area contributed by atoms with E-state index >= 15 is 0 Å². The number of unbranched alkanes of at least 4 members (excludes halogenated alkanes) is 1. The van der Waals surface area contributed by atoms with Crippen LogP contribution in [0.15, 0.2) is 0 Å². The molecule has 0 aliphatic heterocycles. The summed E-state index contributed by atoms with van der Waals surface area (Å²) in [5, 5.41) is 0. The molecule has 0 aromatic rings. The standard InChI is InChI=1S/C4H12OSi.C3H9N/c1-2-3-4-5-6;1-4(2)3/h2-4H2,1,6H3;1-3H3. The summed E-state index contributed by atoms with van der Waals surface area (Å²) < 4.78 is 4.92. The average Bonchev–Trinajstić information content (AvgIpc) is 1.82. The summed E-state index contributed by atoms with van der Waals surface area (Å²) in [6, 6.07) is 0. The molecule has 0 saturated carbocycles. The van der Waals surface area contributed by atoms with E-state index in [0.717, 1.165) is 17.1 Å². The summed E-state index contributed by atoms with van der Waals surface area (Å²) in [4.78, 5) is 2.00. The Morgan fingerprint density at radius 1 is 1.30 bits per heavy atom. The SMILES string of the molecule is CCCCO[SiH3].CN(C)C. The quantitative estimate of drug-likeness (QED) is 0.437. The molecule has 0 fully saturated rings. The lowest BCUT2D eigenvalue weighted by Gasteiger charge is -1.90. The molecule has 64 valence electrons. The molecule has 0 saturated heterocycles. The molecule has 0 unspecified atom stereocenters. The van der Waals surface area contributed by atoms with E-state index in [1.165, 1.54) is 12.8 Å². The van der Waals surface area contributed by atoms with E-state index in [0.29, 0.717) is 0 Å². The molecule has 0 aliphatic carbocycles. The minimum Gasteiger partial charge on any atom is -0.428 e. The van der Waals surface area contributed by atoms with Crippen molar-refractivity contribution in [1.82, 2.24) is 4.90 Å². The topological polar surface area (TPSA) is 12.5 Å². The number of rotatable bonds is 3. The van der Waals surface area contributed by atoms with Gasteiger partial charge in [0.05, 0.1) is 0 Å². The van der Waals surface area contributed by atoms with Crippen molar-refractivity contribution in [2.24, 2.45) is 0 Å². The Morgan fingerprint density at radius 2 is 1.70 bits per heavy atom. The third kappa shape index (κ3) is 42.1. The molecule has 0 aliphatic rings. The van der Waals surface area contributed by atoms with E-state index in [1.54, 1.807) is 0 Å². The molecule has 0 aromatic heterocycles. The van der Waals surface area contributed by atoms with E-state index in [9.17, 15) is 0 Å². The molecule has 0 heterocycles. The van der Waals surface area contributed by atoms with Gasteiger partial charge in [-0.15, -0.1) is 0 Å². The maximum Gasteiger partial charge on any atom is 0.145 e. The molecule has 0 atom stereocenters. The smallest absolute Gasteiger partial charge is 0.145 e. The molecule has 0 spiro atoms. The first-order valence-electron chi connectivity index (χ1n) is 3.75. The van der Waals surface area contributed by atoms with Gasteiger partial charge < -0.3 is 9.33 Å². The lowest BCUT2D eigenvalue weighted by atomic mass is 10.4. The van der Waals surface area contributed by atoms with Gasteiger partial charge in [0.25, 0.3) is 0 Å². The van der Waals surface area contributed by atoms with Gasteiger partial charge in [0, 0.05) is 6.61 Å². The minimum absolute atomic E-state index is 0.903. The molecular weight excluding hydrogens is 142 g/mol. The summed E-state index contributed by atoms with van der Waals surface area (Å²) in [5.74, 6) is 0. The van der Waals surface area contributed by atoms with Gasteiger partial charge in [-0.1, -0.05) is 13.3 Å². The highest BCUT2D eigenvalue weighted by atomic mass is 28.2. The van der Waals surface area contributed by atoms with Gasteiger partial charge in [0.15, 0.2) is 0 Å². The van der Waals surface area contributed by atoms with Crippen molar-refractivity contribution in [3.8, 4) is 0 Å². The first kappa shape index (κ1) is 12.8. The van der Waals surface area contributed by atoms with Crippen LogP contribution in [0.25, 0.3) is 0 Å². The van der Waals surface area contributed by atoms with Crippen LogP contribution in [0.2, 0.25) is 0 Å². The van der Waals surface area contributed by atoms with E-state index in [4.69, 9.17) is 4.43 Å². The minimum atomic E-state index is 0.903. The molecule has 0 rings (SSSR count). The van der Waals surface area contributed by atoms with Crippen molar-refractivity contribution in [3.05, 3.63) is 0 Å². The van der Waals surface area contributed by atoms with E-state index in [2.05, 4.69) is 6.92 Å². The van der Waals surface area contributed by atoms with Crippen LogP contribution in [0, 0.1) is 0 Å². The molecule has 2 nitrogen and oxygen atoms in total. The van der Waals surface area contributed by atoms with Crippen LogP contribution in [-0.2, 0) is 4.43 Å². The fraction of sp³-hybridized carbons (Fsp3) is 1.00. The Balaban J connectivity index is 0. The highest BCUT2D eigenvalue weighted by Gasteiger charge is 1.74. The second-order valence-electron chi connectivity index (χ2n) is 2.69. The predicted molar refractivity (Wildman–Crippen MR) is 50.4 cm³/mol. The number of hydrogen-bond acceptors (Lipinski definition) is 2. The van der Waals surface area contributed by atoms with Gasteiger partial charge >= 0.3 is 0 Å². The maximum atomic E-state index is 4.92. The summed E-state index contributed by atoms with van der Waals surface area (Å²) in [5.41, 5.74) is 0. The van der Waals surface area contributed by atoms with E-state index in [-0.39, 0.29) is 0 Å². The Bertz CT molecular complexity index is 44.1. The van der Waals surface area contributed by atoms with Crippen molar-refractivity contribution in [3.63, 3.8) is 0 Å². The normalized spacial score (nSPS) is 9.30. The second kappa shape index (κ2) is 11.9. The molecule has 0 aromatic carbocycles. The van der Waals surface area contributed by atoms with Crippen molar-refractivity contribution < 1.29 is 4.43 Å². The Morgan fingerprint density at radius 3 is 1.80 bits per heavy atom. The van der Waals surface area contributed by atoms with Crippen LogP contribution in [0.3, 0.4) is 0 Å². The van der Waals surface area contributed by atoms with Gasteiger partial charge in [-0.2, -0.15) is 0 Å². The molecule has 0 amide bonds. The third-order valence-electron chi connectivity index (χ3n) is 0.702. The summed E-state index contributed by atoms with van der Waals surface area (Å²) >= 11 is 0. The van der Waals surface area contributed by atoms with Crippen LogP contribution < -0.4 is 0 Å². The first-order chi connectivity index (χ1) is 4.65. The monoisotopic (exact) mass is 163 g/mol. The zero-order valence-electron chi connectivity index (χ0n) is 7.98. The largest absolute Gasteiger partial charge is 0.428 e. The van der Waals surface area contributed by atoms with E-state index in [1.807, 2.05) is 26.0 Å². The van der Waals surface area contributed by atoms with Gasteiger partial charge in [-0.25, -0.2) is 0 Å². The van der Waals surface area contributed by atoms with Crippen molar-refractivity contribution >= 4 is 10.5 Å². The molecule has 0 N–H and O–H groups in total. The molecular formula is C7H21NOSi. The zero-order valence-corrected chi connectivity index (χ0v) is 9.98. The summed E-state index contributed by atoms with van der Waals surface area (Å²) in [7, 11) is 6.90. The summed E-state index contributed by atoms with van der Waals surface area (Å²) in [6.07, 6.45) is 2.48. The average molecular weight is 163 g/mol. The Kier molecular flexibility index (Phi) is 15.2.